The van der Waals surface area contributed by atoms with Gasteiger partial charge in [-0.1, -0.05) is 0 Å². The minimum absolute atomic E-state index is 0.0226. The molecule has 2 aliphatic rings. The topological polar surface area (TPSA) is 37.4 Å². The van der Waals surface area contributed by atoms with Crippen LogP contribution in [0.15, 0.2) is 18.3 Å². The van der Waals surface area contributed by atoms with E-state index >= 15 is 0 Å². The van der Waals surface area contributed by atoms with Crippen molar-refractivity contribution in [3.8, 4) is 0 Å². The summed E-state index contributed by atoms with van der Waals surface area (Å²) in [4.78, 5) is 6.88. The van der Waals surface area contributed by atoms with Crippen molar-refractivity contribution in [2.24, 2.45) is 0 Å². The Bertz CT molecular complexity index is 463. The summed E-state index contributed by atoms with van der Waals surface area (Å²) in [5.41, 5.74) is 1.41. The molecule has 1 aromatic rings. The van der Waals surface area contributed by atoms with E-state index in [1.807, 2.05) is 6.20 Å². The van der Waals surface area contributed by atoms with E-state index in [1.165, 1.54) is 37.9 Å². The van der Waals surface area contributed by atoms with Gasteiger partial charge in [0.05, 0.1) is 5.60 Å². The summed E-state index contributed by atoms with van der Waals surface area (Å²) in [5, 5.41) is 3.47. The molecule has 0 radical (unpaired) electrons. The predicted molar refractivity (Wildman–Crippen MR) is 85.8 cm³/mol. The number of likely N-dealkylation sites (tertiary alicyclic amines) is 1. The van der Waals surface area contributed by atoms with Crippen molar-refractivity contribution in [1.82, 2.24) is 9.88 Å². The molecule has 0 aromatic carbocycles. The number of nitrogens with zero attached hydrogens (tertiary/aromatic N) is 2. The van der Waals surface area contributed by atoms with Gasteiger partial charge in [0.15, 0.2) is 0 Å². The maximum atomic E-state index is 5.82. The summed E-state index contributed by atoms with van der Waals surface area (Å²) in [7, 11) is 2.21. The van der Waals surface area contributed by atoms with Crippen LogP contribution in [0.5, 0.6) is 0 Å². The zero-order valence-corrected chi connectivity index (χ0v) is 13.3. The van der Waals surface area contributed by atoms with Gasteiger partial charge in [-0.25, -0.2) is 4.98 Å². The molecular formula is C17H27N3O. The van der Waals surface area contributed by atoms with Gasteiger partial charge in [-0.3, -0.25) is 0 Å². The normalized spacial score (nSPS) is 27.9. The van der Waals surface area contributed by atoms with Gasteiger partial charge >= 0.3 is 0 Å². The Labute approximate surface area is 127 Å². The van der Waals surface area contributed by atoms with Crippen LogP contribution in [0.4, 0.5) is 5.82 Å². The van der Waals surface area contributed by atoms with E-state index in [1.54, 1.807) is 0 Å². The molecule has 1 unspecified atom stereocenters. The molecule has 0 aliphatic carbocycles. The van der Waals surface area contributed by atoms with E-state index < -0.39 is 0 Å². The second kappa shape index (κ2) is 6.32. The van der Waals surface area contributed by atoms with Crippen LogP contribution in [0.3, 0.4) is 0 Å². The number of aromatic nitrogens is 1. The molecular weight excluding hydrogens is 262 g/mol. The molecule has 1 aromatic heterocycles. The van der Waals surface area contributed by atoms with Crippen molar-refractivity contribution < 1.29 is 4.74 Å². The first kappa shape index (κ1) is 14.8. The Morgan fingerprint density at radius 3 is 2.95 bits per heavy atom. The smallest absolute Gasteiger partial charge is 0.126 e. The Hall–Kier alpha value is -1.13. The Morgan fingerprint density at radius 2 is 2.24 bits per heavy atom. The first-order valence-corrected chi connectivity index (χ1v) is 8.17. The van der Waals surface area contributed by atoms with E-state index in [-0.39, 0.29) is 5.60 Å². The number of hydrogen-bond acceptors (Lipinski definition) is 4. The lowest BCUT2D eigenvalue weighted by molar-refractivity contribution is 0.0315. The fraction of sp³-hybridized carbons (Fsp3) is 0.706. The Morgan fingerprint density at radius 1 is 1.43 bits per heavy atom. The lowest BCUT2D eigenvalue weighted by Gasteiger charge is -2.29. The average molecular weight is 289 g/mol. The van der Waals surface area contributed by atoms with E-state index in [0.29, 0.717) is 5.92 Å². The van der Waals surface area contributed by atoms with Gasteiger partial charge in [-0.2, -0.15) is 0 Å². The van der Waals surface area contributed by atoms with Crippen LogP contribution < -0.4 is 5.32 Å². The van der Waals surface area contributed by atoms with Crippen LogP contribution in [0.1, 0.15) is 44.1 Å². The molecule has 0 spiro atoms. The quantitative estimate of drug-likeness (QED) is 0.925. The number of piperidine rings is 1. The summed E-state index contributed by atoms with van der Waals surface area (Å²) in [6.45, 7) is 6.31. The molecule has 3 heterocycles. The van der Waals surface area contributed by atoms with E-state index in [0.717, 1.165) is 25.4 Å². The van der Waals surface area contributed by atoms with Gasteiger partial charge in [0.2, 0.25) is 0 Å². The molecule has 3 rings (SSSR count). The third-order valence-electron chi connectivity index (χ3n) is 4.92. The van der Waals surface area contributed by atoms with Gasteiger partial charge in [-0.15, -0.1) is 0 Å². The molecule has 4 nitrogen and oxygen atoms in total. The molecule has 116 valence electrons. The van der Waals surface area contributed by atoms with Crippen LogP contribution in [0, 0.1) is 0 Å². The van der Waals surface area contributed by atoms with Gasteiger partial charge < -0.3 is 15.0 Å². The molecule has 0 bridgehead atoms. The number of hydrogen-bond donors (Lipinski definition) is 1. The van der Waals surface area contributed by atoms with Crippen LogP contribution in [0.2, 0.25) is 0 Å². The highest BCUT2D eigenvalue weighted by Gasteiger charge is 2.29. The largest absolute Gasteiger partial charge is 0.373 e. The molecule has 2 saturated heterocycles. The number of nitrogens with one attached hydrogen (secondary N) is 1. The van der Waals surface area contributed by atoms with Gasteiger partial charge in [0.25, 0.3) is 0 Å². The van der Waals surface area contributed by atoms with Crippen LogP contribution >= 0.6 is 0 Å². The van der Waals surface area contributed by atoms with Crippen molar-refractivity contribution >= 4 is 5.82 Å². The first-order chi connectivity index (χ1) is 10.1. The lowest BCUT2D eigenvalue weighted by atomic mass is 9.90. The van der Waals surface area contributed by atoms with E-state index in [4.69, 9.17) is 4.74 Å². The summed E-state index contributed by atoms with van der Waals surface area (Å²) in [5.74, 6) is 1.67. The maximum absolute atomic E-state index is 5.82. The number of ether oxygens (including phenoxy) is 1. The summed E-state index contributed by atoms with van der Waals surface area (Å²) >= 11 is 0. The van der Waals surface area contributed by atoms with Crippen molar-refractivity contribution in [2.45, 2.75) is 44.1 Å². The number of rotatable bonds is 4. The minimum Gasteiger partial charge on any atom is -0.373 e. The highest BCUT2D eigenvalue weighted by molar-refractivity contribution is 5.39. The van der Waals surface area contributed by atoms with Crippen molar-refractivity contribution in [1.29, 1.82) is 0 Å². The standard InChI is InChI=1S/C17H27N3O/c1-17(7-3-11-21-17)13-19-16-12-15(4-8-18-16)14-5-9-20(2)10-6-14/h4,8,12,14H,3,5-7,9-11,13H2,1-2H3,(H,18,19). The zero-order chi connectivity index (χ0) is 14.7. The Kier molecular flexibility index (Phi) is 4.45. The molecule has 0 saturated carbocycles. The summed E-state index contributed by atoms with van der Waals surface area (Å²) in [6, 6.07) is 4.41. The molecule has 4 heteroatoms. The van der Waals surface area contributed by atoms with Crippen molar-refractivity contribution in [2.75, 3.05) is 38.6 Å². The molecule has 1 N–H and O–H groups in total. The minimum atomic E-state index is -0.0226. The highest BCUT2D eigenvalue weighted by atomic mass is 16.5. The third-order valence-corrected chi connectivity index (χ3v) is 4.92. The predicted octanol–water partition coefficient (Wildman–Crippen LogP) is 2.87. The average Bonchev–Trinajstić information content (AvgIpc) is 2.94. The second-order valence-electron chi connectivity index (χ2n) is 6.81. The summed E-state index contributed by atoms with van der Waals surface area (Å²) in [6.07, 6.45) is 6.74. The Balaban J connectivity index is 1.60. The van der Waals surface area contributed by atoms with Crippen molar-refractivity contribution in [3.05, 3.63) is 23.9 Å². The molecule has 1 atom stereocenters. The van der Waals surface area contributed by atoms with Gasteiger partial charge in [0.1, 0.15) is 5.82 Å². The fourth-order valence-corrected chi connectivity index (χ4v) is 3.39. The molecule has 2 fully saturated rings. The monoisotopic (exact) mass is 289 g/mol. The van der Waals surface area contributed by atoms with Crippen LogP contribution in [-0.2, 0) is 4.74 Å². The van der Waals surface area contributed by atoms with Crippen molar-refractivity contribution in [3.63, 3.8) is 0 Å². The van der Waals surface area contributed by atoms with E-state index in [9.17, 15) is 0 Å². The first-order valence-electron chi connectivity index (χ1n) is 8.17. The van der Waals surface area contributed by atoms with Gasteiger partial charge in [-0.05, 0) is 76.4 Å². The van der Waals surface area contributed by atoms with Gasteiger partial charge in [0, 0.05) is 19.3 Å². The third kappa shape index (κ3) is 3.74. The second-order valence-corrected chi connectivity index (χ2v) is 6.81. The zero-order valence-electron chi connectivity index (χ0n) is 13.3. The summed E-state index contributed by atoms with van der Waals surface area (Å²) < 4.78 is 5.82. The fourth-order valence-electron chi connectivity index (χ4n) is 3.39. The molecule has 21 heavy (non-hydrogen) atoms. The number of pyridine rings is 1. The lowest BCUT2D eigenvalue weighted by Crippen LogP contribution is -2.32. The maximum Gasteiger partial charge on any atom is 0.126 e. The SMILES string of the molecule is CN1CCC(c2ccnc(NCC3(C)CCCO3)c2)CC1. The van der Waals surface area contributed by atoms with E-state index in [2.05, 4.69) is 41.3 Å². The van der Waals surface area contributed by atoms with Crippen LogP contribution in [0.25, 0.3) is 0 Å². The highest BCUT2D eigenvalue weighted by Crippen LogP contribution is 2.29. The molecule has 2 aliphatic heterocycles. The van der Waals surface area contributed by atoms with Crippen LogP contribution in [-0.4, -0.2) is 48.8 Å². The number of anilines is 1. The molecule has 0 amide bonds.